The summed E-state index contributed by atoms with van der Waals surface area (Å²) in [7, 11) is 0. The third kappa shape index (κ3) is 5.48. The summed E-state index contributed by atoms with van der Waals surface area (Å²) in [6.07, 6.45) is 5.42. The van der Waals surface area contributed by atoms with Gasteiger partial charge in [-0.05, 0) is 80.3 Å². The second-order valence-corrected chi connectivity index (χ2v) is 10.4. The van der Waals surface area contributed by atoms with Crippen LogP contribution in [0.4, 0.5) is 8.78 Å². The van der Waals surface area contributed by atoms with Gasteiger partial charge in [-0.25, -0.2) is 13.6 Å². The van der Waals surface area contributed by atoms with Gasteiger partial charge in [-0.2, -0.15) is 0 Å². The summed E-state index contributed by atoms with van der Waals surface area (Å²) in [5.74, 6) is -1.30. The van der Waals surface area contributed by atoms with E-state index in [1.165, 1.54) is 18.2 Å². The maximum absolute atomic E-state index is 16.1. The lowest BCUT2D eigenvalue weighted by atomic mass is 9.92. The van der Waals surface area contributed by atoms with Crippen molar-refractivity contribution in [2.45, 2.75) is 64.5 Å². The van der Waals surface area contributed by atoms with E-state index in [0.717, 1.165) is 36.8 Å². The van der Waals surface area contributed by atoms with Crippen LogP contribution in [0, 0.1) is 11.6 Å². The zero-order chi connectivity index (χ0) is 27.7. The summed E-state index contributed by atoms with van der Waals surface area (Å²) < 4.78 is 37.2. The van der Waals surface area contributed by atoms with Crippen LogP contribution in [0.2, 0.25) is 0 Å². The molecule has 0 unspecified atom stereocenters. The molecule has 1 saturated carbocycles. The number of carbonyl (C=O) groups is 1. The lowest BCUT2D eigenvalue weighted by molar-refractivity contribution is 0.0695. The molecule has 8 heteroatoms. The van der Waals surface area contributed by atoms with Gasteiger partial charge >= 0.3 is 5.97 Å². The topological polar surface area (TPSA) is 71.8 Å². The van der Waals surface area contributed by atoms with Crippen molar-refractivity contribution < 1.29 is 23.4 Å². The number of hydrogen-bond donors (Lipinski definition) is 1. The van der Waals surface area contributed by atoms with E-state index in [0.29, 0.717) is 49.4 Å². The summed E-state index contributed by atoms with van der Waals surface area (Å²) >= 11 is 0. The highest BCUT2D eigenvalue weighted by Crippen LogP contribution is 2.48. The van der Waals surface area contributed by atoms with E-state index in [2.05, 4.69) is 11.0 Å². The van der Waals surface area contributed by atoms with E-state index in [-0.39, 0.29) is 34.6 Å². The number of likely N-dealkylation sites (tertiary alicyclic amines) is 1. The van der Waals surface area contributed by atoms with Crippen molar-refractivity contribution >= 4 is 5.97 Å². The molecule has 0 spiro atoms. The Morgan fingerprint density at radius 3 is 2.33 bits per heavy atom. The average Bonchev–Trinajstić information content (AvgIpc) is 3.77. The summed E-state index contributed by atoms with van der Waals surface area (Å²) in [6.45, 7) is 5.90. The molecule has 1 aliphatic heterocycles. The van der Waals surface area contributed by atoms with Crippen molar-refractivity contribution in [1.29, 1.82) is 0 Å². The molecule has 3 aromatic rings. The monoisotopic (exact) mass is 536 g/mol. The van der Waals surface area contributed by atoms with E-state index in [1.807, 2.05) is 6.92 Å². The van der Waals surface area contributed by atoms with Crippen LogP contribution in [0.15, 0.2) is 47.4 Å². The third-order valence-corrected chi connectivity index (χ3v) is 7.92. The Balaban J connectivity index is 1.39. The number of benzene rings is 2. The highest BCUT2D eigenvalue weighted by molar-refractivity contribution is 5.89. The average molecular weight is 537 g/mol. The van der Waals surface area contributed by atoms with Gasteiger partial charge in [0.1, 0.15) is 5.82 Å². The molecule has 1 saturated heterocycles. The van der Waals surface area contributed by atoms with Crippen molar-refractivity contribution in [1.82, 2.24) is 9.47 Å². The number of aromatic carboxylic acids is 1. The highest BCUT2D eigenvalue weighted by atomic mass is 19.1. The van der Waals surface area contributed by atoms with Gasteiger partial charge in [0.05, 0.1) is 12.2 Å². The minimum Gasteiger partial charge on any atom is -0.490 e. The molecule has 2 aromatic carbocycles. The number of aromatic nitrogens is 1. The number of pyridine rings is 1. The number of carboxylic acids is 1. The smallest absolute Gasteiger partial charge is 0.336 e. The molecule has 206 valence electrons. The van der Waals surface area contributed by atoms with Crippen LogP contribution in [-0.2, 0) is 13.0 Å². The van der Waals surface area contributed by atoms with Gasteiger partial charge in [-0.1, -0.05) is 19.1 Å². The zero-order valence-corrected chi connectivity index (χ0v) is 22.4. The van der Waals surface area contributed by atoms with Crippen molar-refractivity contribution in [2.24, 2.45) is 0 Å². The Labute approximate surface area is 226 Å². The van der Waals surface area contributed by atoms with Crippen molar-refractivity contribution in [2.75, 3.05) is 19.7 Å². The Hall–Kier alpha value is -3.52. The molecule has 2 aliphatic rings. The van der Waals surface area contributed by atoms with Crippen LogP contribution in [0.25, 0.3) is 11.1 Å². The molecule has 2 heterocycles. The lowest BCUT2D eigenvalue weighted by Gasteiger charge is -2.33. The van der Waals surface area contributed by atoms with E-state index in [4.69, 9.17) is 4.74 Å². The van der Waals surface area contributed by atoms with Crippen molar-refractivity contribution in [3.05, 3.63) is 86.8 Å². The molecular formula is C31H34F2N2O4. The highest BCUT2D eigenvalue weighted by Gasteiger charge is 2.32. The molecule has 0 atom stereocenters. The van der Waals surface area contributed by atoms with Crippen LogP contribution < -0.4 is 10.3 Å². The largest absolute Gasteiger partial charge is 0.490 e. The minimum atomic E-state index is -1.08. The van der Waals surface area contributed by atoms with E-state index in [9.17, 15) is 19.1 Å². The fraction of sp³-hybridized carbons (Fsp3) is 0.419. The molecule has 1 aliphatic carbocycles. The zero-order valence-electron chi connectivity index (χ0n) is 22.4. The van der Waals surface area contributed by atoms with Crippen LogP contribution in [-0.4, -0.2) is 40.2 Å². The third-order valence-electron chi connectivity index (χ3n) is 7.92. The molecule has 1 aromatic heterocycles. The number of halogens is 2. The first-order valence-electron chi connectivity index (χ1n) is 13.8. The summed E-state index contributed by atoms with van der Waals surface area (Å²) in [5.41, 5.74) is 3.06. The Morgan fingerprint density at radius 1 is 1.05 bits per heavy atom. The normalized spacial score (nSPS) is 16.4. The SMILES string of the molecule is CCOc1c(CN2CCC(n3ccc(C(=O)O)c(CC)c3=O)CC2)cc(C2CC2)c(-c2ccc(F)cc2)c1F. The second kappa shape index (κ2) is 11.3. The van der Waals surface area contributed by atoms with Gasteiger partial charge in [-0.3, -0.25) is 9.69 Å². The first kappa shape index (κ1) is 27.1. The van der Waals surface area contributed by atoms with Crippen LogP contribution in [0.1, 0.15) is 78.5 Å². The number of nitrogens with zero attached hydrogens (tertiary/aromatic N) is 2. The van der Waals surface area contributed by atoms with Gasteiger partial charge in [-0.15, -0.1) is 0 Å². The molecule has 0 bridgehead atoms. The summed E-state index contributed by atoms with van der Waals surface area (Å²) in [4.78, 5) is 26.8. The first-order chi connectivity index (χ1) is 18.8. The maximum atomic E-state index is 16.1. The van der Waals surface area contributed by atoms with Gasteiger partial charge in [0.25, 0.3) is 5.56 Å². The molecule has 6 nitrogen and oxygen atoms in total. The molecule has 0 amide bonds. The van der Waals surface area contributed by atoms with Crippen molar-refractivity contribution in [3.8, 4) is 16.9 Å². The number of hydrogen-bond acceptors (Lipinski definition) is 4. The number of piperidine rings is 1. The Kier molecular flexibility index (Phi) is 7.84. The van der Waals surface area contributed by atoms with Crippen LogP contribution >= 0.6 is 0 Å². The van der Waals surface area contributed by atoms with Gasteiger partial charge in [0.2, 0.25) is 0 Å². The van der Waals surface area contributed by atoms with Gasteiger partial charge in [0.15, 0.2) is 11.6 Å². The van der Waals surface area contributed by atoms with Crippen molar-refractivity contribution in [3.63, 3.8) is 0 Å². The predicted molar refractivity (Wildman–Crippen MR) is 146 cm³/mol. The fourth-order valence-electron chi connectivity index (χ4n) is 5.77. The fourth-order valence-corrected chi connectivity index (χ4v) is 5.77. The van der Waals surface area contributed by atoms with Gasteiger partial charge in [0, 0.05) is 48.6 Å². The standard InChI is InChI=1S/C31H34F2N2O4/c1-3-24-25(31(37)38)13-16-35(30(24)36)23-11-14-34(15-12-23)18-21-17-26(19-5-6-19)27(28(33)29(21)39-4-2)20-7-9-22(32)10-8-20/h7-10,13,16-17,19,23H,3-6,11-12,14-15,18H2,1-2H3,(H,37,38). The Bertz CT molecular complexity index is 1420. The molecule has 1 N–H and O–H groups in total. The molecule has 2 fully saturated rings. The van der Waals surface area contributed by atoms with Crippen LogP contribution in [0.5, 0.6) is 5.75 Å². The van der Waals surface area contributed by atoms with Crippen LogP contribution in [0.3, 0.4) is 0 Å². The molecule has 5 rings (SSSR count). The Morgan fingerprint density at radius 2 is 1.74 bits per heavy atom. The molecular weight excluding hydrogens is 502 g/mol. The maximum Gasteiger partial charge on any atom is 0.336 e. The number of ether oxygens (including phenoxy) is 1. The molecule has 0 radical (unpaired) electrons. The quantitative estimate of drug-likeness (QED) is 0.354. The van der Waals surface area contributed by atoms with E-state index < -0.39 is 11.8 Å². The first-order valence-corrected chi connectivity index (χ1v) is 13.8. The predicted octanol–water partition coefficient (Wildman–Crippen LogP) is 6.17. The number of rotatable bonds is 9. The van der Waals surface area contributed by atoms with E-state index in [1.54, 1.807) is 29.8 Å². The number of carboxylic acid groups (broad SMARTS) is 1. The second-order valence-electron chi connectivity index (χ2n) is 10.4. The van der Waals surface area contributed by atoms with Gasteiger partial charge < -0.3 is 14.4 Å². The molecule has 39 heavy (non-hydrogen) atoms. The van der Waals surface area contributed by atoms with E-state index >= 15 is 4.39 Å². The minimum absolute atomic E-state index is 0.0205. The summed E-state index contributed by atoms with van der Waals surface area (Å²) in [6, 6.07) is 9.52. The lowest BCUT2D eigenvalue weighted by Crippen LogP contribution is -2.38. The summed E-state index contributed by atoms with van der Waals surface area (Å²) in [5, 5.41) is 9.42.